The predicted octanol–water partition coefficient (Wildman–Crippen LogP) is 1.67. The number of rotatable bonds is 4. The van der Waals surface area contributed by atoms with E-state index in [-0.39, 0.29) is 42.3 Å². The molecule has 1 aliphatic heterocycles. The van der Waals surface area contributed by atoms with Gasteiger partial charge in [-0.25, -0.2) is 4.39 Å². The van der Waals surface area contributed by atoms with Gasteiger partial charge in [-0.05, 0) is 31.9 Å². The number of carbonyl (C=O) groups excluding carboxylic acids is 1. The number of hydrogen-bond acceptors (Lipinski definition) is 3. The Morgan fingerprint density at radius 1 is 1.52 bits per heavy atom. The average Bonchev–Trinajstić information content (AvgIpc) is 2.41. The van der Waals surface area contributed by atoms with E-state index in [0.29, 0.717) is 25.1 Å². The Hall–Kier alpha value is -1.17. The molecule has 0 radical (unpaired) electrons. The van der Waals surface area contributed by atoms with Crippen molar-refractivity contribution < 1.29 is 13.9 Å². The SMILES string of the molecule is CC(Cc1ccccc1F)NC(=O)[C@H]1NCCO[C@@H]1C.Cl. The number of carbonyl (C=O) groups is 1. The standard InChI is InChI=1S/C15H21FN2O2.ClH/c1-10(9-12-5-3-4-6-13(12)16)18-15(19)14-11(2)20-8-7-17-14;/h3-6,10-11,14,17H,7-9H2,1-2H3,(H,18,19);1H/t10?,11-,14+;/m1./s1. The lowest BCUT2D eigenvalue weighted by atomic mass is 10.1. The fourth-order valence-electron chi connectivity index (χ4n) is 2.40. The van der Waals surface area contributed by atoms with Gasteiger partial charge in [0.25, 0.3) is 0 Å². The molecule has 118 valence electrons. The van der Waals surface area contributed by atoms with E-state index in [1.165, 1.54) is 6.07 Å². The van der Waals surface area contributed by atoms with Gasteiger partial charge < -0.3 is 15.4 Å². The van der Waals surface area contributed by atoms with Gasteiger partial charge in [-0.3, -0.25) is 4.79 Å². The third kappa shape index (κ3) is 4.95. The summed E-state index contributed by atoms with van der Waals surface area (Å²) in [6, 6.07) is 6.16. The van der Waals surface area contributed by atoms with Crippen LogP contribution in [0.4, 0.5) is 4.39 Å². The maximum Gasteiger partial charge on any atom is 0.240 e. The van der Waals surface area contributed by atoms with Crippen LogP contribution < -0.4 is 10.6 Å². The van der Waals surface area contributed by atoms with Crippen molar-refractivity contribution in [1.82, 2.24) is 10.6 Å². The van der Waals surface area contributed by atoms with Crippen molar-refractivity contribution in [3.63, 3.8) is 0 Å². The van der Waals surface area contributed by atoms with Crippen LogP contribution in [-0.2, 0) is 16.0 Å². The van der Waals surface area contributed by atoms with Gasteiger partial charge in [0.15, 0.2) is 0 Å². The lowest BCUT2D eigenvalue weighted by Gasteiger charge is -2.30. The normalized spacial score (nSPS) is 23.0. The van der Waals surface area contributed by atoms with Crippen LogP contribution in [0.5, 0.6) is 0 Å². The van der Waals surface area contributed by atoms with Crippen molar-refractivity contribution in [1.29, 1.82) is 0 Å². The average molecular weight is 317 g/mol. The van der Waals surface area contributed by atoms with Crippen molar-refractivity contribution >= 4 is 18.3 Å². The van der Waals surface area contributed by atoms with E-state index in [1.54, 1.807) is 18.2 Å². The predicted molar refractivity (Wildman–Crippen MR) is 82.2 cm³/mol. The van der Waals surface area contributed by atoms with Gasteiger partial charge in [0.05, 0.1) is 12.7 Å². The molecule has 1 aliphatic rings. The molecule has 2 rings (SSSR count). The number of amides is 1. The maximum atomic E-state index is 13.6. The number of halogens is 2. The van der Waals surface area contributed by atoms with Gasteiger partial charge >= 0.3 is 0 Å². The second-order valence-electron chi connectivity index (χ2n) is 5.21. The minimum atomic E-state index is -0.341. The maximum absolute atomic E-state index is 13.6. The number of morpholine rings is 1. The first kappa shape index (κ1) is 17.9. The molecular weight excluding hydrogens is 295 g/mol. The number of benzene rings is 1. The third-order valence-corrected chi connectivity index (χ3v) is 3.47. The molecular formula is C15H22ClFN2O2. The zero-order valence-electron chi connectivity index (χ0n) is 12.3. The Balaban J connectivity index is 0.00000220. The Morgan fingerprint density at radius 2 is 2.24 bits per heavy atom. The summed E-state index contributed by atoms with van der Waals surface area (Å²) < 4.78 is 19.0. The number of ether oxygens (including phenoxy) is 1. The highest BCUT2D eigenvalue weighted by Crippen LogP contribution is 2.10. The number of hydrogen-bond donors (Lipinski definition) is 2. The van der Waals surface area contributed by atoms with Crippen molar-refractivity contribution in [3.05, 3.63) is 35.6 Å². The second kappa shape index (κ2) is 8.32. The van der Waals surface area contributed by atoms with Gasteiger partial charge in [0.2, 0.25) is 5.91 Å². The lowest BCUT2D eigenvalue weighted by Crippen LogP contribution is -2.56. The van der Waals surface area contributed by atoms with E-state index >= 15 is 0 Å². The fraction of sp³-hybridized carbons (Fsp3) is 0.533. The zero-order valence-corrected chi connectivity index (χ0v) is 13.1. The Morgan fingerprint density at radius 3 is 2.90 bits per heavy atom. The first-order valence-corrected chi connectivity index (χ1v) is 6.96. The van der Waals surface area contributed by atoms with Crippen molar-refractivity contribution in [2.45, 2.75) is 38.5 Å². The highest BCUT2D eigenvalue weighted by Gasteiger charge is 2.28. The van der Waals surface area contributed by atoms with Crippen LogP contribution in [0.25, 0.3) is 0 Å². The highest BCUT2D eigenvalue weighted by molar-refractivity contribution is 5.85. The molecule has 21 heavy (non-hydrogen) atoms. The first-order valence-electron chi connectivity index (χ1n) is 6.96. The van der Waals surface area contributed by atoms with E-state index in [9.17, 15) is 9.18 Å². The van der Waals surface area contributed by atoms with Gasteiger partial charge in [0.1, 0.15) is 11.9 Å². The van der Waals surface area contributed by atoms with Crippen molar-refractivity contribution in [3.8, 4) is 0 Å². The minimum absolute atomic E-state index is 0. The summed E-state index contributed by atoms with van der Waals surface area (Å²) in [5.41, 5.74) is 0.612. The largest absolute Gasteiger partial charge is 0.375 e. The lowest BCUT2D eigenvalue weighted by molar-refractivity contribution is -0.129. The Bertz CT molecular complexity index is 473. The fourth-order valence-corrected chi connectivity index (χ4v) is 2.40. The minimum Gasteiger partial charge on any atom is -0.375 e. The molecule has 1 aromatic rings. The molecule has 0 spiro atoms. The van der Waals surface area contributed by atoms with Crippen LogP contribution >= 0.6 is 12.4 Å². The summed E-state index contributed by atoms with van der Waals surface area (Å²) in [7, 11) is 0. The van der Waals surface area contributed by atoms with Crippen LogP contribution in [0.1, 0.15) is 19.4 Å². The van der Waals surface area contributed by atoms with Crippen LogP contribution in [0.3, 0.4) is 0 Å². The zero-order chi connectivity index (χ0) is 14.5. The van der Waals surface area contributed by atoms with Crippen LogP contribution in [0.15, 0.2) is 24.3 Å². The van der Waals surface area contributed by atoms with Crippen LogP contribution in [-0.4, -0.2) is 37.2 Å². The second-order valence-corrected chi connectivity index (χ2v) is 5.21. The van der Waals surface area contributed by atoms with Crippen molar-refractivity contribution in [2.24, 2.45) is 0 Å². The molecule has 3 atom stereocenters. The molecule has 0 saturated carbocycles. The molecule has 4 nitrogen and oxygen atoms in total. The molecule has 1 aromatic carbocycles. The van der Waals surface area contributed by atoms with Crippen molar-refractivity contribution in [2.75, 3.05) is 13.2 Å². The molecule has 1 fully saturated rings. The smallest absolute Gasteiger partial charge is 0.240 e. The van der Waals surface area contributed by atoms with E-state index in [1.807, 2.05) is 13.8 Å². The van der Waals surface area contributed by atoms with Gasteiger partial charge in [-0.1, -0.05) is 18.2 Å². The summed E-state index contributed by atoms with van der Waals surface area (Å²) in [4.78, 5) is 12.1. The molecule has 1 saturated heterocycles. The van der Waals surface area contributed by atoms with Gasteiger partial charge in [0, 0.05) is 12.6 Å². The quantitative estimate of drug-likeness (QED) is 0.888. The molecule has 0 aliphatic carbocycles. The third-order valence-electron chi connectivity index (χ3n) is 3.47. The van der Waals surface area contributed by atoms with Crippen LogP contribution in [0.2, 0.25) is 0 Å². The van der Waals surface area contributed by atoms with Gasteiger partial charge in [-0.2, -0.15) is 0 Å². The monoisotopic (exact) mass is 316 g/mol. The van der Waals surface area contributed by atoms with E-state index in [0.717, 1.165) is 0 Å². The molecule has 0 aromatic heterocycles. The Labute approximate surface area is 130 Å². The summed E-state index contributed by atoms with van der Waals surface area (Å²) >= 11 is 0. The Kier molecular flexibility index (Phi) is 7.08. The van der Waals surface area contributed by atoms with Crippen LogP contribution in [0, 0.1) is 5.82 Å². The summed E-state index contributed by atoms with van der Waals surface area (Å²) in [6.07, 6.45) is 0.324. The number of nitrogens with one attached hydrogen (secondary N) is 2. The summed E-state index contributed by atoms with van der Waals surface area (Å²) in [5.74, 6) is -0.331. The molecule has 2 N–H and O–H groups in total. The topological polar surface area (TPSA) is 50.4 Å². The molecule has 1 amide bonds. The van der Waals surface area contributed by atoms with E-state index < -0.39 is 0 Å². The summed E-state index contributed by atoms with van der Waals surface area (Å²) in [5, 5.41) is 6.05. The highest BCUT2D eigenvalue weighted by atomic mass is 35.5. The van der Waals surface area contributed by atoms with Gasteiger partial charge in [-0.15, -0.1) is 12.4 Å². The molecule has 1 unspecified atom stereocenters. The van der Waals surface area contributed by atoms with E-state index in [2.05, 4.69) is 10.6 Å². The molecule has 0 bridgehead atoms. The summed E-state index contributed by atoms with van der Waals surface area (Å²) in [6.45, 7) is 5.04. The molecule has 1 heterocycles. The molecule has 6 heteroatoms. The first-order chi connectivity index (χ1) is 9.58. The van der Waals surface area contributed by atoms with E-state index in [4.69, 9.17) is 4.74 Å².